The van der Waals surface area contributed by atoms with Crippen LogP contribution in [0.4, 0.5) is 18.9 Å². The first kappa shape index (κ1) is 24.4. The monoisotopic (exact) mass is 835 g/mol. The van der Waals surface area contributed by atoms with Crippen LogP contribution >= 0.6 is 93.0 Å². The van der Waals surface area contributed by atoms with E-state index in [1.165, 1.54) is 0 Å². The Labute approximate surface area is 220 Å². The van der Waals surface area contributed by atoms with Gasteiger partial charge in [0, 0.05) is 6.54 Å². The zero-order valence-electron chi connectivity index (χ0n) is 14.4. The van der Waals surface area contributed by atoms with Gasteiger partial charge in [-0.25, -0.2) is 19.0 Å². The van der Waals surface area contributed by atoms with Gasteiger partial charge in [0.1, 0.15) is 16.6 Å². The number of halogens is 8. The van der Waals surface area contributed by atoms with Crippen molar-refractivity contribution in [3.8, 4) is 0 Å². The zero-order chi connectivity index (χ0) is 22.1. The Morgan fingerprint density at radius 3 is 2.03 bits per heavy atom. The van der Waals surface area contributed by atoms with Gasteiger partial charge in [-0.2, -0.15) is 23.4 Å². The lowest BCUT2D eigenvalue weighted by molar-refractivity contribution is -0.131. The third-order valence-electron chi connectivity index (χ3n) is 3.47. The van der Waals surface area contributed by atoms with Crippen LogP contribution in [0.25, 0.3) is 11.3 Å². The highest BCUT2D eigenvalue weighted by Crippen LogP contribution is 2.24. The van der Waals surface area contributed by atoms with E-state index >= 15 is 0 Å². The average molecular weight is 838 g/mol. The van der Waals surface area contributed by atoms with Crippen LogP contribution in [0.15, 0.2) is 38.2 Å². The molecule has 15 heteroatoms. The Morgan fingerprint density at radius 1 is 0.900 bits per heavy atom. The highest BCUT2D eigenvalue weighted by molar-refractivity contribution is 14.1. The number of alkyl halides is 3. The number of hydrogen-bond donors (Lipinski definition) is 1. The van der Waals surface area contributed by atoms with Crippen molar-refractivity contribution in [2.45, 2.75) is 12.6 Å². The van der Waals surface area contributed by atoms with Gasteiger partial charge in [-0.1, -0.05) is 0 Å². The van der Waals surface area contributed by atoms with E-state index in [0.717, 1.165) is 22.1 Å². The molecule has 0 saturated heterocycles. The lowest BCUT2D eigenvalue weighted by atomic mass is 10.4. The molecule has 0 aliphatic heterocycles. The Hall–Kier alpha value is -0.270. The molecule has 30 heavy (non-hydrogen) atoms. The number of anilines is 1. The van der Waals surface area contributed by atoms with Crippen LogP contribution in [0.1, 0.15) is 6.42 Å². The van der Waals surface area contributed by atoms with E-state index in [9.17, 15) is 13.2 Å². The third kappa shape index (κ3) is 6.16. The molecule has 4 rings (SSSR count). The van der Waals surface area contributed by atoms with Crippen LogP contribution < -0.4 is 5.32 Å². The molecule has 0 fully saturated rings. The molecular weight excluding hydrogens is 829 g/mol. The number of aromatic nitrogens is 6. The Kier molecular flexibility index (Phi) is 8.22. The lowest BCUT2D eigenvalue weighted by Crippen LogP contribution is -2.15. The fourth-order valence-corrected chi connectivity index (χ4v) is 4.78. The molecule has 0 aliphatic rings. The van der Waals surface area contributed by atoms with E-state index < -0.39 is 12.6 Å². The Morgan fingerprint density at radius 2 is 1.43 bits per heavy atom. The molecule has 0 atom stereocenters. The Balaban J connectivity index is 0.000000184. The summed E-state index contributed by atoms with van der Waals surface area (Å²) >= 11 is 14.2. The first-order valence-electron chi connectivity index (χ1n) is 7.91. The summed E-state index contributed by atoms with van der Waals surface area (Å²) in [6, 6.07) is 3.48. The predicted molar refractivity (Wildman–Crippen MR) is 134 cm³/mol. The minimum atomic E-state index is -4.17. The van der Waals surface area contributed by atoms with Crippen molar-refractivity contribution < 1.29 is 13.2 Å². The fourth-order valence-electron chi connectivity index (χ4n) is 2.26. The maximum atomic E-state index is 12.1. The summed E-state index contributed by atoms with van der Waals surface area (Å²) in [4.78, 5) is 8.29. The SMILES string of the molecule is Brc1cc(Br)c2ncc(I)n2n1.FC(F)(F)CCNc1cc(Br)nn2c(I)cnc12. The van der Waals surface area contributed by atoms with E-state index in [-0.39, 0.29) is 6.54 Å². The minimum absolute atomic E-state index is 0.195. The summed E-state index contributed by atoms with van der Waals surface area (Å²) in [5.41, 5.74) is 1.86. The van der Waals surface area contributed by atoms with Gasteiger partial charge in [0.05, 0.1) is 29.0 Å². The van der Waals surface area contributed by atoms with Gasteiger partial charge in [-0.05, 0) is 105 Å². The predicted octanol–water partition coefficient (Wildman–Crippen LogP) is 6.32. The van der Waals surface area contributed by atoms with E-state index in [4.69, 9.17) is 0 Å². The van der Waals surface area contributed by atoms with Crippen LogP contribution in [0, 0.1) is 7.40 Å². The standard InChI is InChI=1S/C9H7BrF3IN4.C6H2Br2IN3/c10-6-3-5(15-2-1-9(11,12)13)8-16-4-7(14)18(8)17-6;7-3-1-4(8)11-12-5(9)2-10-6(3)12/h3-4,15H,1-2H2;1-2H. The first-order valence-corrected chi connectivity index (χ1v) is 12.4. The minimum Gasteiger partial charge on any atom is -0.382 e. The second-order valence-corrected chi connectivity index (χ2v) is 10.3. The number of rotatable bonds is 3. The number of nitrogens with one attached hydrogen (secondary N) is 1. The van der Waals surface area contributed by atoms with Gasteiger partial charge in [0.25, 0.3) is 0 Å². The van der Waals surface area contributed by atoms with Crippen molar-refractivity contribution in [2.75, 3.05) is 11.9 Å². The highest BCUT2D eigenvalue weighted by atomic mass is 127. The number of fused-ring (bicyclic) bond motifs is 2. The summed E-state index contributed by atoms with van der Waals surface area (Å²) < 4.78 is 43.6. The van der Waals surface area contributed by atoms with Crippen LogP contribution in [0.5, 0.6) is 0 Å². The van der Waals surface area contributed by atoms with Crippen molar-refractivity contribution in [1.82, 2.24) is 29.2 Å². The van der Waals surface area contributed by atoms with Crippen LogP contribution in [0.2, 0.25) is 0 Å². The van der Waals surface area contributed by atoms with Crippen molar-refractivity contribution >= 4 is 110 Å². The van der Waals surface area contributed by atoms with Gasteiger partial charge < -0.3 is 5.32 Å². The first-order chi connectivity index (χ1) is 14.0. The van der Waals surface area contributed by atoms with Crippen molar-refractivity contribution in [1.29, 1.82) is 0 Å². The normalized spacial score (nSPS) is 11.6. The van der Waals surface area contributed by atoms with Gasteiger partial charge >= 0.3 is 6.18 Å². The fraction of sp³-hybridized carbons (Fsp3) is 0.200. The molecule has 0 saturated carbocycles. The van der Waals surface area contributed by atoms with Gasteiger partial charge in [0.15, 0.2) is 11.3 Å². The maximum Gasteiger partial charge on any atom is 0.390 e. The average Bonchev–Trinajstić information content (AvgIpc) is 3.18. The number of hydrogen-bond acceptors (Lipinski definition) is 5. The smallest absolute Gasteiger partial charge is 0.382 e. The second-order valence-electron chi connectivity index (χ2n) is 5.62. The molecule has 4 aromatic rings. The molecule has 0 unspecified atom stereocenters. The maximum absolute atomic E-state index is 12.1. The van der Waals surface area contributed by atoms with E-state index in [1.54, 1.807) is 27.5 Å². The third-order valence-corrected chi connectivity index (χ3v) is 6.30. The topological polar surface area (TPSA) is 72.4 Å². The van der Waals surface area contributed by atoms with E-state index in [2.05, 4.69) is 95.9 Å². The molecule has 4 aromatic heterocycles. The van der Waals surface area contributed by atoms with Gasteiger partial charge in [0.2, 0.25) is 0 Å². The number of nitrogens with zero attached hydrogens (tertiary/aromatic N) is 6. The molecular formula is C15H9Br3F3I2N7. The summed E-state index contributed by atoms with van der Waals surface area (Å²) in [6.45, 7) is -0.195. The molecule has 0 bridgehead atoms. The molecule has 0 spiro atoms. The molecule has 160 valence electrons. The molecule has 0 aliphatic carbocycles. The number of imidazole rings is 2. The van der Waals surface area contributed by atoms with E-state index in [0.29, 0.717) is 15.9 Å². The van der Waals surface area contributed by atoms with Crippen LogP contribution in [-0.2, 0) is 0 Å². The van der Waals surface area contributed by atoms with Gasteiger partial charge in [-0.15, -0.1) is 0 Å². The molecule has 0 aromatic carbocycles. The Bertz CT molecular complexity index is 1200. The summed E-state index contributed by atoms with van der Waals surface area (Å²) in [7, 11) is 0. The van der Waals surface area contributed by atoms with Crippen LogP contribution in [0.3, 0.4) is 0 Å². The van der Waals surface area contributed by atoms with Crippen molar-refractivity contribution in [2.24, 2.45) is 0 Å². The van der Waals surface area contributed by atoms with E-state index in [1.807, 2.05) is 28.7 Å². The zero-order valence-corrected chi connectivity index (χ0v) is 23.5. The summed E-state index contributed by atoms with van der Waals surface area (Å²) in [6.07, 6.45) is -1.68. The molecule has 0 radical (unpaired) electrons. The van der Waals surface area contributed by atoms with Crippen LogP contribution in [-0.4, -0.2) is 41.9 Å². The summed E-state index contributed by atoms with van der Waals surface area (Å²) in [5, 5.41) is 11.1. The van der Waals surface area contributed by atoms with Crippen molar-refractivity contribution in [3.63, 3.8) is 0 Å². The molecule has 0 amide bonds. The van der Waals surface area contributed by atoms with Gasteiger partial charge in [-0.3, -0.25) is 0 Å². The second kappa shape index (κ2) is 10.1. The molecule has 4 heterocycles. The summed E-state index contributed by atoms with van der Waals surface area (Å²) in [5.74, 6) is 0. The lowest BCUT2D eigenvalue weighted by Gasteiger charge is -2.10. The quantitative estimate of drug-likeness (QED) is 0.245. The molecule has 1 N–H and O–H groups in total. The molecule has 7 nitrogen and oxygen atoms in total. The van der Waals surface area contributed by atoms with Crippen molar-refractivity contribution in [3.05, 3.63) is 45.6 Å². The largest absolute Gasteiger partial charge is 0.390 e. The highest BCUT2D eigenvalue weighted by Gasteiger charge is 2.26.